The Morgan fingerprint density at radius 2 is 1.76 bits per heavy atom. The van der Waals surface area contributed by atoms with Gasteiger partial charge in [0.25, 0.3) is 0 Å². The van der Waals surface area contributed by atoms with Crippen LogP contribution in [0.4, 0.5) is 0 Å². The van der Waals surface area contributed by atoms with Crippen molar-refractivity contribution in [1.82, 2.24) is 0 Å². The molecule has 6 heteroatoms. The highest BCUT2D eigenvalue weighted by atomic mass is 79.9. The Kier molecular flexibility index (Phi) is 4.69. The molecule has 4 nitrogen and oxygen atoms in total. The molecule has 0 radical (unpaired) electrons. The lowest BCUT2D eigenvalue weighted by molar-refractivity contribution is -1.03. The van der Waals surface area contributed by atoms with E-state index in [1.807, 2.05) is 0 Å². The summed E-state index contributed by atoms with van der Waals surface area (Å²) in [7, 11) is -2.74. The van der Waals surface area contributed by atoms with E-state index in [2.05, 4.69) is 40.2 Å². The molecule has 0 bridgehead atoms. The van der Waals surface area contributed by atoms with E-state index in [9.17, 15) is 8.42 Å². The second-order valence-corrected chi connectivity index (χ2v) is 9.46. The van der Waals surface area contributed by atoms with Crippen molar-refractivity contribution in [2.24, 2.45) is 0 Å². The molecule has 0 spiro atoms. The lowest BCUT2D eigenvalue weighted by Crippen LogP contribution is -3.29. The SMILES string of the molecule is O=S1(=O)CC[C@@H]([NH+]2CC[NH+](Cc3ccc(Br)cc3)CC2)C1. The van der Waals surface area contributed by atoms with Crippen LogP contribution < -0.4 is 9.80 Å². The lowest BCUT2D eigenvalue weighted by atomic mass is 10.1. The predicted molar refractivity (Wildman–Crippen MR) is 86.3 cm³/mol. The van der Waals surface area contributed by atoms with Gasteiger partial charge in [-0.3, -0.25) is 0 Å². The molecule has 2 aliphatic rings. The van der Waals surface area contributed by atoms with Crippen LogP contribution in [0.3, 0.4) is 0 Å². The molecular weight excluding hydrogens is 352 g/mol. The van der Waals surface area contributed by atoms with E-state index in [1.54, 1.807) is 4.90 Å². The number of benzene rings is 1. The molecule has 2 saturated heterocycles. The van der Waals surface area contributed by atoms with Gasteiger partial charge in [-0.05, 0) is 12.1 Å². The quantitative estimate of drug-likeness (QED) is 0.706. The Labute approximate surface area is 135 Å². The number of halogens is 1. The highest BCUT2D eigenvalue weighted by molar-refractivity contribution is 9.10. The van der Waals surface area contributed by atoms with Crippen LogP contribution in [-0.2, 0) is 16.4 Å². The lowest BCUT2D eigenvalue weighted by Gasteiger charge is -2.32. The highest BCUT2D eigenvalue weighted by Crippen LogP contribution is 2.10. The van der Waals surface area contributed by atoms with Crippen LogP contribution in [0.5, 0.6) is 0 Å². The molecule has 3 rings (SSSR count). The van der Waals surface area contributed by atoms with Gasteiger partial charge in [-0.1, -0.05) is 28.1 Å². The van der Waals surface area contributed by atoms with Crippen LogP contribution in [0.1, 0.15) is 12.0 Å². The summed E-state index contributed by atoms with van der Waals surface area (Å²) in [5.74, 6) is 0.807. The Bertz CT molecular complexity index is 580. The Morgan fingerprint density at radius 1 is 1.10 bits per heavy atom. The topological polar surface area (TPSA) is 43.0 Å². The van der Waals surface area contributed by atoms with Crippen molar-refractivity contribution >= 4 is 25.8 Å². The second kappa shape index (κ2) is 6.36. The smallest absolute Gasteiger partial charge is 0.156 e. The van der Waals surface area contributed by atoms with Crippen molar-refractivity contribution in [3.63, 3.8) is 0 Å². The van der Waals surface area contributed by atoms with E-state index >= 15 is 0 Å². The van der Waals surface area contributed by atoms with E-state index in [0.29, 0.717) is 17.5 Å². The van der Waals surface area contributed by atoms with E-state index in [0.717, 1.165) is 43.6 Å². The zero-order chi connectivity index (χ0) is 14.9. The van der Waals surface area contributed by atoms with Gasteiger partial charge < -0.3 is 9.80 Å². The first kappa shape index (κ1) is 15.5. The Hall–Kier alpha value is -0.430. The number of sulfone groups is 1. The third-order valence-corrected chi connectivity index (χ3v) is 7.07. The van der Waals surface area contributed by atoms with Gasteiger partial charge in [0.05, 0.1) is 5.75 Å². The number of hydrogen-bond acceptors (Lipinski definition) is 2. The standard InChI is InChI=1S/C15H21BrN2O2S/c16-14-3-1-13(2-4-14)11-17-6-8-18(9-7-17)15-5-10-21(19,20)12-15/h1-4,15H,5-12H2/p+2/t15-/m1/s1. The first-order valence-electron chi connectivity index (χ1n) is 7.65. The normalized spacial score (nSPS) is 32.1. The van der Waals surface area contributed by atoms with Crippen LogP contribution in [-0.4, -0.2) is 52.1 Å². The summed E-state index contributed by atoms with van der Waals surface area (Å²) >= 11 is 3.47. The van der Waals surface area contributed by atoms with Gasteiger partial charge in [0.15, 0.2) is 9.84 Å². The zero-order valence-electron chi connectivity index (χ0n) is 12.1. The molecule has 0 unspecified atom stereocenters. The Balaban J connectivity index is 1.50. The van der Waals surface area contributed by atoms with Crippen molar-refractivity contribution in [1.29, 1.82) is 0 Å². The van der Waals surface area contributed by atoms with Crippen LogP contribution in [0.25, 0.3) is 0 Å². The monoisotopic (exact) mass is 374 g/mol. The largest absolute Gasteiger partial charge is 0.322 e. The van der Waals surface area contributed by atoms with E-state index in [-0.39, 0.29) is 0 Å². The van der Waals surface area contributed by atoms with Crippen LogP contribution >= 0.6 is 15.9 Å². The van der Waals surface area contributed by atoms with Crippen molar-refractivity contribution in [2.75, 3.05) is 37.7 Å². The van der Waals surface area contributed by atoms with Crippen LogP contribution in [0.15, 0.2) is 28.7 Å². The Morgan fingerprint density at radius 3 is 2.33 bits per heavy atom. The third-order valence-electron chi connectivity index (χ3n) is 4.78. The van der Waals surface area contributed by atoms with Gasteiger partial charge in [-0.25, -0.2) is 8.42 Å². The molecule has 2 heterocycles. The van der Waals surface area contributed by atoms with Gasteiger partial charge >= 0.3 is 0 Å². The molecule has 1 atom stereocenters. The number of piperazine rings is 1. The minimum atomic E-state index is -2.74. The van der Waals surface area contributed by atoms with Crippen LogP contribution in [0.2, 0.25) is 0 Å². The third kappa shape index (κ3) is 4.06. The van der Waals surface area contributed by atoms with E-state index in [4.69, 9.17) is 0 Å². The average molecular weight is 375 g/mol. The first-order chi connectivity index (χ1) is 10.0. The summed E-state index contributed by atoms with van der Waals surface area (Å²) in [6.07, 6.45) is 0.861. The first-order valence-corrected chi connectivity index (χ1v) is 10.3. The molecule has 0 amide bonds. The number of hydrogen-bond donors (Lipinski definition) is 2. The van der Waals surface area contributed by atoms with Gasteiger partial charge in [-0.2, -0.15) is 0 Å². The molecule has 116 valence electrons. The fraction of sp³-hybridized carbons (Fsp3) is 0.600. The summed E-state index contributed by atoms with van der Waals surface area (Å²) in [6, 6.07) is 8.91. The molecule has 0 aromatic heterocycles. The fourth-order valence-electron chi connectivity index (χ4n) is 3.52. The van der Waals surface area contributed by atoms with E-state index in [1.165, 1.54) is 10.5 Å². The number of rotatable bonds is 3. The van der Waals surface area contributed by atoms with Crippen molar-refractivity contribution in [2.45, 2.75) is 19.0 Å². The fourth-order valence-corrected chi connectivity index (χ4v) is 5.61. The summed E-state index contributed by atoms with van der Waals surface area (Å²) < 4.78 is 24.3. The maximum atomic E-state index is 11.6. The average Bonchev–Trinajstić information content (AvgIpc) is 2.83. The van der Waals surface area contributed by atoms with Gasteiger partial charge in [0.2, 0.25) is 0 Å². The molecule has 2 aliphatic heterocycles. The number of quaternary nitrogens is 2. The second-order valence-electron chi connectivity index (χ2n) is 6.31. The summed E-state index contributed by atoms with van der Waals surface area (Å²) in [5, 5.41) is 0. The molecule has 1 aromatic rings. The molecule has 0 saturated carbocycles. The predicted octanol–water partition coefficient (Wildman–Crippen LogP) is -1.08. The van der Waals surface area contributed by atoms with Crippen molar-refractivity contribution in [3.05, 3.63) is 34.3 Å². The number of nitrogens with one attached hydrogen (secondary N) is 2. The van der Waals surface area contributed by atoms with Gasteiger partial charge in [0, 0.05) is 16.5 Å². The molecule has 2 N–H and O–H groups in total. The van der Waals surface area contributed by atoms with Gasteiger partial charge in [-0.15, -0.1) is 0 Å². The summed E-state index contributed by atoms with van der Waals surface area (Å²) in [4.78, 5) is 3.12. The zero-order valence-corrected chi connectivity index (χ0v) is 14.5. The minimum absolute atomic E-state index is 0.351. The maximum Gasteiger partial charge on any atom is 0.156 e. The molecule has 0 aliphatic carbocycles. The summed E-state index contributed by atoms with van der Waals surface area (Å²) in [5.41, 5.74) is 1.38. The molecule has 2 fully saturated rings. The maximum absolute atomic E-state index is 11.6. The minimum Gasteiger partial charge on any atom is -0.322 e. The molecular formula is C15H23BrN2O2S+2. The highest BCUT2D eigenvalue weighted by Gasteiger charge is 2.37. The van der Waals surface area contributed by atoms with Crippen molar-refractivity contribution < 1.29 is 18.2 Å². The van der Waals surface area contributed by atoms with Gasteiger partial charge in [0.1, 0.15) is 44.5 Å². The van der Waals surface area contributed by atoms with Crippen LogP contribution in [0, 0.1) is 0 Å². The molecule has 21 heavy (non-hydrogen) atoms. The molecule has 1 aromatic carbocycles. The summed E-state index contributed by atoms with van der Waals surface area (Å²) in [6.45, 7) is 5.56. The van der Waals surface area contributed by atoms with E-state index < -0.39 is 9.84 Å². The van der Waals surface area contributed by atoms with Crippen molar-refractivity contribution in [3.8, 4) is 0 Å².